The summed E-state index contributed by atoms with van der Waals surface area (Å²) in [4.78, 5) is 0. The van der Waals surface area contributed by atoms with Crippen molar-refractivity contribution in [1.29, 1.82) is 0 Å². The summed E-state index contributed by atoms with van der Waals surface area (Å²) in [6.07, 6.45) is 3.21. The summed E-state index contributed by atoms with van der Waals surface area (Å²) in [7, 11) is 1.92. The number of benzene rings is 1. The fraction of sp³-hybridized carbons (Fsp3) is 0.625. The summed E-state index contributed by atoms with van der Waals surface area (Å²) in [6, 6.07) is 3.47. The number of aryl methyl sites for hydroxylation is 1. The van der Waals surface area contributed by atoms with Crippen LogP contribution in [0.3, 0.4) is 0 Å². The van der Waals surface area contributed by atoms with Crippen LogP contribution >= 0.6 is 0 Å². The van der Waals surface area contributed by atoms with Crippen molar-refractivity contribution < 1.29 is 8.78 Å². The molecule has 0 aromatic heterocycles. The molecule has 1 aliphatic rings. The van der Waals surface area contributed by atoms with Crippen molar-refractivity contribution in [3.05, 3.63) is 34.9 Å². The summed E-state index contributed by atoms with van der Waals surface area (Å²) < 4.78 is 28.0. The molecule has 1 nitrogen and oxygen atoms in total. The Morgan fingerprint density at radius 2 is 1.95 bits per heavy atom. The fourth-order valence-corrected chi connectivity index (χ4v) is 3.28. The molecule has 0 amide bonds. The summed E-state index contributed by atoms with van der Waals surface area (Å²) >= 11 is 0. The standard InChI is InChI=1S/C16H23F2N/c1-10-4-6-12(9-19-3)14(8-10)13-7-5-11(2)15(17)16(13)18/h5,7,10,12,14,19H,4,6,8-9H2,1-3H3. The molecule has 1 fully saturated rings. The molecule has 3 atom stereocenters. The zero-order valence-corrected chi connectivity index (χ0v) is 12.0. The molecule has 1 N–H and O–H groups in total. The SMILES string of the molecule is CNCC1CCC(C)CC1c1ccc(C)c(F)c1F. The molecule has 2 rings (SSSR count). The fourth-order valence-electron chi connectivity index (χ4n) is 3.28. The van der Waals surface area contributed by atoms with Gasteiger partial charge < -0.3 is 5.32 Å². The molecular formula is C16H23F2N. The van der Waals surface area contributed by atoms with Gasteiger partial charge in [-0.25, -0.2) is 8.78 Å². The maximum Gasteiger partial charge on any atom is 0.162 e. The van der Waals surface area contributed by atoms with Gasteiger partial charge in [0.25, 0.3) is 0 Å². The highest BCUT2D eigenvalue weighted by Gasteiger charge is 2.32. The van der Waals surface area contributed by atoms with Crippen LogP contribution in [0.25, 0.3) is 0 Å². The van der Waals surface area contributed by atoms with Gasteiger partial charge in [-0.05, 0) is 62.2 Å². The monoisotopic (exact) mass is 267 g/mol. The van der Waals surface area contributed by atoms with Crippen molar-refractivity contribution >= 4 is 0 Å². The number of rotatable bonds is 3. The molecule has 0 aliphatic heterocycles. The van der Waals surface area contributed by atoms with E-state index in [0.29, 0.717) is 23.0 Å². The Morgan fingerprint density at radius 3 is 2.63 bits per heavy atom. The lowest BCUT2D eigenvalue weighted by Crippen LogP contribution is -2.30. The van der Waals surface area contributed by atoms with Gasteiger partial charge in [0, 0.05) is 0 Å². The van der Waals surface area contributed by atoms with Crippen LogP contribution in [0.4, 0.5) is 8.78 Å². The van der Waals surface area contributed by atoms with Gasteiger partial charge in [0.2, 0.25) is 0 Å². The molecule has 106 valence electrons. The van der Waals surface area contributed by atoms with Crippen molar-refractivity contribution in [2.24, 2.45) is 11.8 Å². The summed E-state index contributed by atoms with van der Waals surface area (Å²) in [5.74, 6) is -0.204. The van der Waals surface area contributed by atoms with Gasteiger partial charge in [-0.2, -0.15) is 0 Å². The third kappa shape index (κ3) is 2.97. The molecule has 0 heterocycles. The van der Waals surface area contributed by atoms with Crippen molar-refractivity contribution in [3.63, 3.8) is 0 Å². The minimum Gasteiger partial charge on any atom is -0.319 e. The largest absolute Gasteiger partial charge is 0.319 e. The van der Waals surface area contributed by atoms with E-state index in [0.717, 1.165) is 19.4 Å². The van der Waals surface area contributed by atoms with Gasteiger partial charge in [-0.3, -0.25) is 0 Å². The first kappa shape index (κ1) is 14.4. The van der Waals surface area contributed by atoms with E-state index < -0.39 is 11.6 Å². The second-order valence-corrected chi connectivity index (χ2v) is 5.94. The topological polar surface area (TPSA) is 12.0 Å². The maximum absolute atomic E-state index is 14.2. The lowest BCUT2D eigenvalue weighted by Gasteiger charge is -2.35. The van der Waals surface area contributed by atoms with Crippen LogP contribution in [0, 0.1) is 30.4 Å². The van der Waals surface area contributed by atoms with Crippen LogP contribution in [-0.4, -0.2) is 13.6 Å². The highest BCUT2D eigenvalue weighted by atomic mass is 19.2. The Labute approximate surface area is 114 Å². The molecule has 1 aromatic rings. The van der Waals surface area contributed by atoms with Crippen molar-refractivity contribution in [2.75, 3.05) is 13.6 Å². The van der Waals surface area contributed by atoms with E-state index in [1.54, 1.807) is 19.1 Å². The maximum atomic E-state index is 14.2. The second kappa shape index (κ2) is 6.00. The first-order chi connectivity index (χ1) is 9.04. The molecule has 0 spiro atoms. The number of hydrogen-bond acceptors (Lipinski definition) is 1. The minimum atomic E-state index is -0.682. The molecule has 19 heavy (non-hydrogen) atoms. The third-order valence-electron chi connectivity index (χ3n) is 4.43. The number of halogens is 2. The third-order valence-corrected chi connectivity index (χ3v) is 4.43. The lowest BCUT2D eigenvalue weighted by atomic mass is 9.71. The highest BCUT2D eigenvalue weighted by molar-refractivity contribution is 5.29. The predicted octanol–water partition coefficient (Wildman–Crippen LogP) is 4.01. The molecule has 3 unspecified atom stereocenters. The average Bonchev–Trinajstić information content (AvgIpc) is 2.39. The van der Waals surface area contributed by atoms with Crippen LogP contribution < -0.4 is 5.32 Å². The molecule has 0 saturated heterocycles. The first-order valence-electron chi connectivity index (χ1n) is 7.13. The molecule has 0 radical (unpaired) electrons. The van der Waals surface area contributed by atoms with Gasteiger partial charge in [-0.1, -0.05) is 25.5 Å². The molecule has 0 bridgehead atoms. The van der Waals surface area contributed by atoms with E-state index in [1.165, 1.54) is 6.42 Å². The van der Waals surface area contributed by atoms with Crippen LogP contribution in [0.15, 0.2) is 12.1 Å². The highest BCUT2D eigenvalue weighted by Crippen LogP contribution is 2.41. The predicted molar refractivity (Wildman–Crippen MR) is 74.3 cm³/mol. The molecular weight excluding hydrogens is 244 g/mol. The van der Waals surface area contributed by atoms with Gasteiger partial charge in [0.05, 0.1) is 0 Å². The average molecular weight is 267 g/mol. The van der Waals surface area contributed by atoms with Crippen molar-refractivity contribution in [2.45, 2.75) is 39.0 Å². The van der Waals surface area contributed by atoms with Crippen molar-refractivity contribution in [1.82, 2.24) is 5.32 Å². The first-order valence-corrected chi connectivity index (χ1v) is 7.13. The van der Waals surface area contributed by atoms with E-state index in [4.69, 9.17) is 0 Å². The van der Waals surface area contributed by atoms with Crippen LogP contribution in [0.2, 0.25) is 0 Å². The molecule has 1 aliphatic carbocycles. The summed E-state index contributed by atoms with van der Waals surface area (Å²) in [6.45, 7) is 4.67. The van der Waals surface area contributed by atoms with E-state index in [2.05, 4.69) is 12.2 Å². The summed E-state index contributed by atoms with van der Waals surface area (Å²) in [5.41, 5.74) is 0.949. The van der Waals surface area contributed by atoms with E-state index in [1.807, 2.05) is 7.05 Å². The van der Waals surface area contributed by atoms with Gasteiger partial charge in [0.15, 0.2) is 11.6 Å². The van der Waals surface area contributed by atoms with Gasteiger partial charge in [0.1, 0.15) is 0 Å². The molecule has 1 saturated carbocycles. The Bertz CT molecular complexity index is 445. The Hall–Kier alpha value is -0.960. The lowest BCUT2D eigenvalue weighted by molar-refractivity contribution is 0.239. The van der Waals surface area contributed by atoms with Gasteiger partial charge in [-0.15, -0.1) is 0 Å². The normalized spacial score (nSPS) is 27.5. The smallest absolute Gasteiger partial charge is 0.162 e. The van der Waals surface area contributed by atoms with E-state index in [-0.39, 0.29) is 5.92 Å². The summed E-state index contributed by atoms with van der Waals surface area (Å²) in [5, 5.41) is 3.18. The van der Waals surface area contributed by atoms with Crippen LogP contribution in [0.1, 0.15) is 43.2 Å². The molecule has 3 heteroatoms. The Balaban J connectivity index is 2.33. The number of hydrogen-bond donors (Lipinski definition) is 1. The van der Waals surface area contributed by atoms with Crippen LogP contribution in [-0.2, 0) is 0 Å². The van der Waals surface area contributed by atoms with E-state index in [9.17, 15) is 8.78 Å². The minimum absolute atomic E-state index is 0.131. The van der Waals surface area contributed by atoms with E-state index >= 15 is 0 Å². The Morgan fingerprint density at radius 1 is 1.21 bits per heavy atom. The molecule has 1 aromatic carbocycles. The van der Waals surface area contributed by atoms with Gasteiger partial charge >= 0.3 is 0 Å². The second-order valence-electron chi connectivity index (χ2n) is 5.94. The Kier molecular flexibility index (Phi) is 4.56. The zero-order valence-electron chi connectivity index (χ0n) is 12.0. The quantitative estimate of drug-likeness (QED) is 0.872. The number of nitrogens with one attached hydrogen (secondary N) is 1. The zero-order chi connectivity index (χ0) is 14.0. The van der Waals surface area contributed by atoms with Crippen molar-refractivity contribution in [3.8, 4) is 0 Å². The van der Waals surface area contributed by atoms with Crippen LogP contribution in [0.5, 0.6) is 0 Å².